The van der Waals surface area contributed by atoms with E-state index in [-0.39, 0.29) is 12.2 Å². The number of esters is 1. The lowest BCUT2D eigenvalue weighted by molar-refractivity contribution is -0.144. The van der Waals surface area contributed by atoms with Crippen molar-refractivity contribution in [2.45, 2.75) is 136 Å². The molecule has 0 bridgehead atoms. The molecule has 0 aromatic heterocycles. The van der Waals surface area contributed by atoms with Crippen LogP contribution in [0.3, 0.4) is 0 Å². The first kappa shape index (κ1) is 27.2. The molecule has 0 heterocycles. The average molecular weight is 396 g/mol. The Kier molecular flexibility index (Phi) is 20.3. The third-order valence-corrected chi connectivity index (χ3v) is 5.34. The summed E-state index contributed by atoms with van der Waals surface area (Å²) in [5.74, 6) is -0.317. The van der Waals surface area contributed by atoms with Crippen LogP contribution < -0.4 is 5.32 Å². The summed E-state index contributed by atoms with van der Waals surface area (Å²) in [6, 6.07) is 0. The van der Waals surface area contributed by atoms with Gasteiger partial charge in [-0.2, -0.15) is 0 Å². The largest absolute Gasteiger partial charge is 0.444 e. The molecule has 0 aliphatic carbocycles. The van der Waals surface area contributed by atoms with Gasteiger partial charge < -0.3 is 4.74 Å². The van der Waals surface area contributed by atoms with Gasteiger partial charge in [0.05, 0.1) is 0 Å². The lowest BCUT2D eigenvalue weighted by Crippen LogP contribution is -2.31. The van der Waals surface area contributed by atoms with E-state index < -0.39 is 0 Å². The summed E-state index contributed by atoms with van der Waals surface area (Å²) in [7, 11) is 0. The van der Waals surface area contributed by atoms with Crippen molar-refractivity contribution in [1.82, 2.24) is 5.32 Å². The van der Waals surface area contributed by atoms with Gasteiger partial charge >= 0.3 is 5.97 Å². The fourth-order valence-corrected chi connectivity index (χ4v) is 3.46. The van der Waals surface area contributed by atoms with Crippen LogP contribution in [0.25, 0.3) is 0 Å². The Labute approximate surface area is 176 Å². The molecule has 0 spiro atoms. The number of unbranched alkanes of at least 4 members (excludes halogenated alkanes) is 16. The summed E-state index contributed by atoms with van der Waals surface area (Å²) in [6.45, 7) is 10.3. The van der Waals surface area contributed by atoms with Crippen LogP contribution in [0.5, 0.6) is 0 Å². The maximum Gasteiger partial charge on any atom is 0.334 e. The Morgan fingerprint density at radius 3 is 1.46 bits per heavy atom. The average Bonchev–Trinajstić information content (AvgIpc) is 2.66. The monoisotopic (exact) mass is 395 g/mol. The maximum absolute atomic E-state index is 11.4. The van der Waals surface area contributed by atoms with Crippen LogP contribution in [0.15, 0.2) is 12.2 Å². The normalized spacial score (nSPS) is 12.1. The number of rotatable bonds is 21. The molecule has 1 unspecified atom stereocenters. The van der Waals surface area contributed by atoms with Crippen molar-refractivity contribution in [2.75, 3.05) is 6.54 Å². The second-order valence-corrected chi connectivity index (χ2v) is 8.44. The standard InChI is InChI=1S/C25H49NO2/c1-5-6-7-8-9-10-11-12-13-14-15-16-17-18-19-20-21-22-26-24(4)28-25(27)23(2)3/h24,26H,2,5-22H2,1,3-4H3. The number of nitrogens with one attached hydrogen (secondary N) is 1. The third kappa shape index (κ3) is 19.9. The van der Waals surface area contributed by atoms with E-state index in [9.17, 15) is 4.79 Å². The Morgan fingerprint density at radius 2 is 1.11 bits per heavy atom. The molecular weight excluding hydrogens is 346 g/mol. The molecule has 166 valence electrons. The van der Waals surface area contributed by atoms with E-state index in [1.54, 1.807) is 6.92 Å². The number of ether oxygens (including phenoxy) is 1. The molecule has 0 amide bonds. The zero-order chi connectivity index (χ0) is 20.9. The summed E-state index contributed by atoms with van der Waals surface area (Å²) >= 11 is 0. The lowest BCUT2D eigenvalue weighted by Gasteiger charge is -2.14. The Balaban J connectivity index is 3.16. The minimum absolute atomic E-state index is 0.231. The molecule has 0 saturated carbocycles. The number of carbonyl (C=O) groups excluding carboxylic acids is 1. The molecule has 0 fully saturated rings. The van der Waals surface area contributed by atoms with Crippen molar-refractivity contribution in [3.8, 4) is 0 Å². The van der Waals surface area contributed by atoms with Gasteiger partial charge in [0, 0.05) is 5.57 Å². The molecule has 3 heteroatoms. The number of carbonyl (C=O) groups is 1. The molecule has 0 aliphatic heterocycles. The topological polar surface area (TPSA) is 38.3 Å². The molecule has 1 atom stereocenters. The van der Waals surface area contributed by atoms with Crippen LogP contribution in [0.2, 0.25) is 0 Å². The van der Waals surface area contributed by atoms with Gasteiger partial charge in [0.1, 0.15) is 0 Å². The zero-order valence-electron chi connectivity index (χ0n) is 19.3. The summed E-state index contributed by atoms with van der Waals surface area (Å²) in [6.07, 6.45) is 23.4. The molecule has 3 nitrogen and oxygen atoms in total. The molecule has 28 heavy (non-hydrogen) atoms. The van der Waals surface area contributed by atoms with E-state index >= 15 is 0 Å². The van der Waals surface area contributed by atoms with Crippen molar-refractivity contribution in [1.29, 1.82) is 0 Å². The van der Waals surface area contributed by atoms with E-state index in [2.05, 4.69) is 18.8 Å². The smallest absolute Gasteiger partial charge is 0.334 e. The van der Waals surface area contributed by atoms with Gasteiger partial charge in [0.25, 0.3) is 0 Å². The minimum Gasteiger partial charge on any atom is -0.444 e. The van der Waals surface area contributed by atoms with E-state index in [1.165, 1.54) is 103 Å². The number of hydrogen-bond donors (Lipinski definition) is 1. The summed E-state index contributed by atoms with van der Waals surface area (Å²) in [5.41, 5.74) is 0.450. The van der Waals surface area contributed by atoms with Crippen molar-refractivity contribution in [3.63, 3.8) is 0 Å². The van der Waals surface area contributed by atoms with Crippen molar-refractivity contribution in [3.05, 3.63) is 12.2 Å². The van der Waals surface area contributed by atoms with Crippen LogP contribution in [0, 0.1) is 0 Å². The van der Waals surface area contributed by atoms with Crippen LogP contribution in [-0.2, 0) is 9.53 Å². The van der Waals surface area contributed by atoms with E-state index in [0.29, 0.717) is 5.57 Å². The fourth-order valence-electron chi connectivity index (χ4n) is 3.46. The van der Waals surface area contributed by atoms with Crippen molar-refractivity contribution < 1.29 is 9.53 Å². The quantitative estimate of drug-likeness (QED) is 0.0936. The first-order chi connectivity index (χ1) is 13.6. The molecule has 0 aliphatic rings. The first-order valence-corrected chi connectivity index (χ1v) is 12.2. The number of hydrogen-bond acceptors (Lipinski definition) is 3. The summed E-state index contributed by atoms with van der Waals surface area (Å²) < 4.78 is 5.20. The maximum atomic E-state index is 11.4. The van der Waals surface area contributed by atoms with Gasteiger partial charge in [-0.05, 0) is 26.8 Å². The highest BCUT2D eigenvalue weighted by atomic mass is 16.6. The highest BCUT2D eigenvalue weighted by Gasteiger charge is 2.08. The Hall–Kier alpha value is -0.830. The van der Waals surface area contributed by atoms with Crippen molar-refractivity contribution >= 4 is 5.97 Å². The van der Waals surface area contributed by atoms with Crippen LogP contribution >= 0.6 is 0 Å². The molecule has 0 saturated heterocycles. The predicted octanol–water partition coefficient (Wildman–Crippen LogP) is 7.69. The molecule has 0 aromatic rings. The summed E-state index contributed by atoms with van der Waals surface area (Å²) in [4.78, 5) is 11.4. The zero-order valence-corrected chi connectivity index (χ0v) is 19.3. The SMILES string of the molecule is C=C(C)C(=O)OC(C)NCCCCCCCCCCCCCCCCCCC. The molecule has 1 N–H and O–H groups in total. The van der Waals surface area contributed by atoms with Crippen LogP contribution in [0.1, 0.15) is 130 Å². The van der Waals surface area contributed by atoms with Crippen molar-refractivity contribution in [2.24, 2.45) is 0 Å². The molecule has 0 aromatic carbocycles. The van der Waals surface area contributed by atoms with Gasteiger partial charge in [-0.15, -0.1) is 0 Å². The van der Waals surface area contributed by atoms with E-state index in [4.69, 9.17) is 4.74 Å². The van der Waals surface area contributed by atoms with Gasteiger partial charge in [-0.3, -0.25) is 5.32 Å². The summed E-state index contributed by atoms with van der Waals surface area (Å²) in [5, 5.41) is 3.24. The Morgan fingerprint density at radius 1 is 0.750 bits per heavy atom. The minimum atomic E-state index is -0.317. The second-order valence-electron chi connectivity index (χ2n) is 8.44. The predicted molar refractivity (Wildman–Crippen MR) is 123 cm³/mol. The van der Waals surface area contributed by atoms with Crippen LogP contribution in [-0.4, -0.2) is 18.7 Å². The first-order valence-electron chi connectivity index (χ1n) is 12.2. The highest BCUT2D eigenvalue weighted by molar-refractivity contribution is 5.87. The molecule has 0 rings (SSSR count). The fraction of sp³-hybridized carbons (Fsp3) is 0.880. The highest BCUT2D eigenvalue weighted by Crippen LogP contribution is 2.14. The second kappa shape index (κ2) is 20.9. The molecular formula is C25H49NO2. The van der Waals surface area contributed by atoms with Gasteiger partial charge in [-0.25, -0.2) is 4.79 Å². The van der Waals surface area contributed by atoms with Gasteiger partial charge in [-0.1, -0.05) is 116 Å². The lowest BCUT2D eigenvalue weighted by atomic mass is 10.0. The van der Waals surface area contributed by atoms with E-state index in [0.717, 1.165) is 13.0 Å². The van der Waals surface area contributed by atoms with Gasteiger partial charge in [0.15, 0.2) is 6.23 Å². The van der Waals surface area contributed by atoms with Gasteiger partial charge in [0.2, 0.25) is 0 Å². The van der Waals surface area contributed by atoms with E-state index in [1.807, 2.05) is 6.92 Å². The van der Waals surface area contributed by atoms with Crippen LogP contribution in [0.4, 0.5) is 0 Å². The molecule has 0 radical (unpaired) electrons. The third-order valence-electron chi connectivity index (χ3n) is 5.34. The Bertz CT molecular complexity index is 368.